The lowest BCUT2D eigenvalue weighted by atomic mass is 10.0. The van der Waals surface area contributed by atoms with Crippen molar-refractivity contribution in [2.45, 2.75) is 38.8 Å². The number of aromatic nitrogens is 2. The minimum atomic E-state index is -0.133. The van der Waals surface area contributed by atoms with Crippen LogP contribution in [0.5, 0.6) is 0 Å². The zero-order valence-corrected chi connectivity index (χ0v) is 12.2. The zero-order valence-electron chi connectivity index (χ0n) is 12.2. The third kappa shape index (κ3) is 2.52. The summed E-state index contributed by atoms with van der Waals surface area (Å²) in [5, 5.41) is 4.44. The monoisotopic (exact) mass is 279 g/mol. The summed E-state index contributed by atoms with van der Waals surface area (Å²) in [5.41, 5.74) is 1.59. The molecule has 0 N–H and O–H groups in total. The fraction of sp³-hybridized carbons (Fsp3) is 0.667. The Morgan fingerprint density at radius 2 is 2.15 bits per heavy atom. The number of likely N-dealkylation sites (tertiary alicyclic amines) is 1. The highest BCUT2D eigenvalue weighted by Crippen LogP contribution is 2.28. The maximum atomic E-state index is 13.5. The molecule has 0 aromatic carbocycles. The fourth-order valence-electron chi connectivity index (χ4n) is 3.03. The predicted molar refractivity (Wildman–Crippen MR) is 76.1 cm³/mol. The van der Waals surface area contributed by atoms with Crippen molar-refractivity contribution in [2.75, 3.05) is 26.3 Å². The first-order chi connectivity index (χ1) is 9.66. The van der Waals surface area contributed by atoms with Crippen LogP contribution in [-0.2, 0) is 4.74 Å². The van der Waals surface area contributed by atoms with E-state index in [0.29, 0.717) is 17.7 Å². The largest absolute Gasteiger partial charge is 0.378 e. The molecule has 2 fully saturated rings. The SMILES string of the molecule is CC(F)=C(C)c1ccnn1C1CCCN(C2COC2)C1. The van der Waals surface area contributed by atoms with Gasteiger partial charge in [-0.15, -0.1) is 0 Å². The smallest absolute Gasteiger partial charge is 0.102 e. The lowest BCUT2D eigenvalue weighted by Crippen LogP contribution is -2.52. The van der Waals surface area contributed by atoms with Gasteiger partial charge in [0.15, 0.2) is 0 Å². The summed E-state index contributed by atoms with van der Waals surface area (Å²) in [4.78, 5) is 2.49. The second-order valence-electron chi connectivity index (χ2n) is 5.80. The van der Waals surface area contributed by atoms with E-state index >= 15 is 0 Å². The molecule has 1 unspecified atom stereocenters. The standard InChI is InChI=1S/C15H22FN3O/c1-11(12(2)16)15-5-6-17-19(15)13-4-3-7-18(8-13)14-9-20-10-14/h5-6,13-14H,3-4,7-10H2,1-2H3. The van der Waals surface area contributed by atoms with Gasteiger partial charge in [-0.2, -0.15) is 5.10 Å². The van der Waals surface area contributed by atoms with Crippen LogP contribution in [0.1, 0.15) is 38.4 Å². The third-order valence-electron chi connectivity index (χ3n) is 4.48. The molecule has 0 amide bonds. The minimum Gasteiger partial charge on any atom is -0.378 e. The van der Waals surface area contributed by atoms with Crippen LogP contribution in [0.25, 0.3) is 5.57 Å². The van der Waals surface area contributed by atoms with Gasteiger partial charge in [-0.05, 0) is 39.3 Å². The Bertz CT molecular complexity index is 503. The Balaban J connectivity index is 1.79. The number of halogens is 1. The van der Waals surface area contributed by atoms with Gasteiger partial charge in [-0.1, -0.05) is 0 Å². The van der Waals surface area contributed by atoms with Crippen LogP contribution < -0.4 is 0 Å². The number of ether oxygens (including phenoxy) is 1. The molecule has 110 valence electrons. The Labute approximate surface area is 119 Å². The number of piperidine rings is 1. The van der Waals surface area contributed by atoms with Gasteiger partial charge in [-0.3, -0.25) is 9.58 Å². The third-order valence-corrected chi connectivity index (χ3v) is 4.48. The Morgan fingerprint density at radius 3 is 2.80 bits per heavy atom. The topological polar surface area (TPSA) is 30.3 Å². The van der Waals surface area contributed by atoms with Gasteiger partial charge in [0.1, 0.15) is 5.83 Å². The maximum absolute atomic E-state index is 13.5. The van der Waals surface area contributed by atoms with Crippen LogP contribution in [0, 0.1) is 0 Å². The Morgan fingerprint density at radius 1 is 1.35 bits per heavy atom. The first-order valence-electron chi connectivity index (χ1n) is 7.35. The molecule has 0 aliphatic carbocycles. The van der Waals surface area contributed by atoms with Gasteiger partial charge in [-0.25, -0.2) is 4.39 Å². The molecule has 2 saturated heterocycles. The van der Waals surface area contributed by atoms with E-state index in [-0.39, 0.29) is 5.83 Å². The van der Waals surface area contributed by atoms with E-state index in [4.69, 9.17) is 4.74 Å². The van der Waals surface area contributed by atoms with Gasteiger partial charge in [0.2, 0.25) is 0 Å². The molecular weight excluding hydrogens is 257 g/mol. The normalized spacial score (nSPS) is 26.2. The maximum Gasteiger partial charge on any atom is 0.102 e. The molecule has 3 heterocycles. The molecule has 0 bridgehead atoms. The molecular formula is C15H22FN3O. The molecule has 2 aliphatic rings. The zero-order chi connectivity index (χ0) is 14.1. The fourth-order valence-corrected chi connectivity index (χ4v) is 3.03. The van der Waals surface area contributed by atoms with E-state index in [1.807, 2.05) is 17.7 Å². The molecule has 0 spiro atoms. The molecule has 1 aromatic heterocycles. The summed E-state index contributed by atoms with van der Waals surface area (Å²) in [6.07, 6.45) is 4.04. The van der Waals surface area contributed by atoms with E-state index in [2.05, 4.69) is 10.00 Å². The predicted octanol–water partition coefficient (Wildman–Crippen LogP) is 2.64. The molecule has 5 heteroatoms. The number of allylic oxidation sites excluding steroid dienone is 2. The van der Waals surface area contributed by atoms with E-state index < -0.39 is 0 Å². The van der Waals surface area contributed by atoms with Crippen LogP contribution >= 0.6 is 0 Å². The van der Waals surface area contributed by atoms with E-state index in [0.717, 1.165) is 44.8 Å². The van der Waals surface area contributed by atoms with Crippen molar-refractivity contribution in [2.24, 2.45) is 0 Å². The molecule has 2 aliphatic heterocycles. The Kier molecular flexibility index (Phi) is 3.89. The Hall–Kier alpha value is -1.20. The van der Waals surface area contributed by atoms with Crippen LogP contribution in [0.2, 0.25) is 0 Å². The second-order valence-corrected chi connectivity index (χ2v) is 5.80. The van der Waals surface area contributed by atoms with Crippen LogP contribution in [0.15, 0.2) is 18.1 Å². The summed E-state index contributed by atoms with van der Waals surface area (Å²) in [7, 11) is 0. The number of hydrogen-bond acceptors (Lipinski definition) is 3. The van der Waals surface area contributed by atoms with Crippen molar-refractivity contribution < 1.29 is 9.13 Å². The summed E-state index contributed by atoms with van der Waals surface area (Å²) in [6, 6.07) is 2.81. The minimum absolute atomic E-state index is 0.133. The molecule has 20 heavy (non-hydrogen) atoms. The summed E-state index contributed by atoms with van der Waals surface area (Å²) >= 11 is 0. The van der Waals surface area contributed by atoms with Crippen molar-refractivity contribution in [3.63, 3.8) is 0 Å². The van der Waals surface area contributed by atoms with Crippen LogP contribution in [0.4, 0.5) is 4.39 Å². The lowest BCUT2D eigenvalue weighted by molar-refractivity contribution is -0.0757. The molecule has 0 radical (unpaired) electrons. The van der Waals surface area contributed by atoms with Gasteiger partial charge in [0, 0.05) is 18.3 Å². The molecule has 0 saturated carbocycles. The first-order valence-corrected chi connectivity index (χ1v) is 7.35. The summed E-state index contributed by atoms with van der Waals surface area (Å²) in [6.45, 7) is 7.15. The van der Waals surface area contributed by atoms with Crippen molar-refractivity contribution in [1.82, 2.24) is 14.7 Å². The highest BCUT2D eigenvalue weighted by molar-refractivity contribution is 5.62. The number of nitrogens with zero attached hydrogens (tertiary/aromatic N) is 3. The van der Waals surface area contributed by atoms with Gasteiger partial charge in [0.05, 0.1) is 31.0 Å². The molecule has 3 rings (SSSR count). The van der Waals surface area contributed by atoms with Gasteiger partial charge < -0.3 is 4.74 Å². The summed E-state index contributed by atoms with van der Waals surface area (Å²) < 4.78 is 20.8. The summed E-state index contributed by atoms with van der Waals surface area (Å²) in [5.74, 6) is -0.133. The second kappa shape index (κ2) is 5.66. The quantitative estimate of drug-likeness (QED) is 0.852. The van der Waals surface area contributed by atoms with Crippen LogP contribution in [-0.4, -0.2) is 47.0 Å². The van der Waals surface area contributed by atoms with Crippen molar-refractivity contribution in [3.8, 4) is 0 Å². The lowest BCUT2D eigenvalue weighted by Gasteiger charge is -2.42. The average molecular weight is 279 g/mol. The van der Waals surface area contributed by atoms with E-state index in [1.165, 1.54) is 6.92 Å². The van der Waals surface area contributed by atoms with Crippen molar-refractivity contribution in [3.05, 3.63) is 23.8 Å². The van der Waals surface area contributed by atoms with E-state index in [1.54, 1.807) is 6.20 Å². The number of hydrogen-bond donors (Lipinski definition) is 0. The van der Waals surface area contributed by atoms with Crippen LogP contribution in [0.3, 0.4) is 0 Å². The van der Waals surface area contributed by atoms with Gasteiger partial charge >= 0.3 is 0 Å². The first kappa shape index (κ1) is 13.8. The average Bonchev–Trinajstić information content (AvgIpc) is 2.85. The number of rotatable bonds is 3. The molecule has 4 nitrogen and oxygen atoms in total. The molecule has 1 aromatic rings. The van der Waals surface area contributed by atoms with Crippen molar-refractivity contribution in [1.29, 1.82) is 0 Å². The van der Waals surface area contributed by atoms with E-state index in [9.17, 15) is 4.39 Å². The highest BCUT2D eigenvalue weighted by Gasteiger charge is 2.31. The van der Waals surface area contributed by atoms with Crippen molar-refractivity contribution >= 4 is 5.57 Å². The van der Waals surface area contributed by atoms with Gasteiger partial charge in [0.25, 0.3) is 0 Å². The highest BCUT2D eigenvalue weighted by atomic mass is 19.1. The molecule has 1 atom stereocenters.